The largest absolute Gasteiger partial charge is 0.356 e. The molecule has 2 aliphatic rings. The number of rotatable bonds is 4. The molecule has 2 heterocycles. The second-order valence-electron chi connectivity index (χ2n) is 6.32. The van der Waals surface area contributed by atoms with Gasteiger partial charge in [-0.2, -0.15) is 8.42 Å². The van der Waals surface area contributed by atoms with E-state index in [4.69, 9.17) is 0 Å². The Hall–Kier alpha value is -1.89. The third kappa shape index (κ3) is 3.31. The molecule has 3 rings (SSSR count). The Kier molecular flexibility index (Phi) is 4.89. The molecule has 130 valence electrons. The number of nitrogens with one attached hydrogen (secondary N) is 1. The highest BCUT2D eigenvalue weighted by molar-refractivity contribution is 7.90. The Labute approximate surface area is 143 Å². The molecule has 1 aromatic carbocycles. The fourth-order valence-corrected chi connectivity index (χ4v) is 4.46. The summed E-state index contributed by atoms with van der Waals surface area (Å²) in [6, 6.07) is 6.88. The van der Waals surface area contributed by atoms with Gasteiger partial charge in [0, 0.05) is 25.2 Å². The Morgan fingerprint density at radius 3 is 2.96 bits per heavy atom. The van der Waals surface area contributed by atoms with Crippen LogP contribution in [-0.2, 0) is 14.8 Å². The number of amides is 1. The van der Waals surface area contributed by atoms with Crippen molar-refractivity contribution in [2.24, 2.45) is 10.3 Å². The number of fused-ring (bicyclic) bond motifs is 1. The molecule has 24 heavy (non-hydrogen) atoms. The number of carbonyl (C=O) groups is 1. The van der Waals surface area contributed by atoms with E-state index in [1.54, 1.807) is 18.2 Å². The minimum absolute atomic E-state index is 0.0582. The standard InChI is InChI=1S/C17H23N3O3S/c1-2-3-10-18-17(21)13-7-6-11-20(12-13)16-14-8-4-5-9-15(14)24(22,23)19-16/h4-5,8-9,13H,2-3,6-7,10-12H2,1H3,(H,18,21). The first-order valence-electron chi connectivity index (χ1n) is 8.50. The minimum Gasteiger partial charge on any atom is -0.356 e. The van der Waals surface area contributed by atoms with E-state index in [1.165, 1.54) is 0 Å². The maximum Gasteiger partial charge on any atom is 0.285 e. The summed E-state index contributed by atoms with van der Waals surface area (Å²) >= 11 is 0. The molecule has 0 bridgehead atoms. The smallest absolute Gasteiger partial charge is 0.285 e. The van der Waals surface area contributed by atoms with E-state index in [-0.39, 0.29) is 16.7 Å². The van der Waals surface area contributed by atoms with Gasteiger partial charge >= 0.3 is 0 Å². The first kappa shape index (κ1) is 17.0. The average Bonchev–Trinajstić information content (AvgIpc) is 2.87. The van der Waals surface area contributed by atoms with Crippen LogP contribution in [0.15, 0.2) is 33.6 Å². The van der Waals surface area contributed by atoms with E-state index in [0.717, 1.165) is 32.2 Å². The van der Waals surface area contributed by atoms with Gasteiger partial charge < -0.3 is 10.2 Å². The van der Waals surface area contributed by atoms with Gasteiger partial charge in [0.2, 0.25) is 5.91 Å². The summed E-state index contributed by atoms with van der Waals surface area (Å²) in [6.45, 7) is 4.02. The van der Waals surface area contributed by atoms with Crippen molar-refractivity contribution in [1.29, 1.82) is 0 Å². The molecule has 2 aliphatic heterocycles. The van der Waals surface area contributed by atoms with Crippen molar-refractivity contribution in [2.75, 3.05) is 19.6 Å². The van der Waals surface area contributed by atoms with Gasteiger partial charge in [0.25, 0.3) is 10.0 Å². The van der Waals surface area contributed by atoms with Crippen LogP contribution in [0, 0.1) is 5.92 Å². The Balaban J connectivity index is 1.75. The second-order valence-corrected chi connectivity index (χ2v) is 7.89. The topological polar surface area (TPSA) is 78.8 Å². The van der Waals surface area contributed by atoms with Crippen LogP contribution < -0.4 is 5.32 Å². The summed E-state index contributed by atoms with van der Waals surface area (Å²) in [6.07, 6.45) is 3.70. The molecule has 1 fully saturated rings. The van der Waals surface area contributed by atoms with E-state index >= 15 is 0 Å². The number of nitrogens with zero attached hydrogens (tertiary/aromatic N) is 2. The molecule has 1 aromatic rings. The predicted molar refractivity (Wildman–Crippen MR) is 92.4 cm³/mol. The highest BCUT2D eigenvalue weighted by atomic mass is 32.2. The number of piperidine rings is 1. The van der Waals surface area contributed by atoms with Crippen LogP contribution in [0.1, 0.15) is 38.2 Å². The van der Waals surface area contributed by atoms with Crippen molar-refractivity contribution >= 4 is 21.8 Å². The minimum atomic E-state index is -3.61. The number of hydrogen-bond acceptors (Lipinski definition) is 4. The molecule has 1 unspecified atom stereocenters. The molecule has 1 amide bonds. The van der Waals surface area contributed by atoms with Gasteiger partial charge in [-0.25, -0.2) is 0 Å². The highest BCUT2D eigenvalue weighted by Crippen LogP contribution is 2.29. The summed E-state index contributed by atoms with van der Waals surface area (Å²) < 4.78 is 28.4. The fraction of sp³-hybridized carbons (Fsp3) is 0.529. The summed E-state index contributed by atoms with van der Waals surface area (Å²) in [5, 5.41) is 2.98. The zero-order valence-electron chi connectivity index (χ0n) is 13.9. The monoisotopic (exact) mass is 349 g/mol. The van der Waals surface area contributed by atoms with Crippen LogP contribution in [-0.4, -0.2) is 44.7 Å². The van der Waals surface area contributed by atoms with E-state index in [0.29, 0.717) is 24.5 Å². The summed E-state index contributed by atoms with van der Waals surface area (Å²) in [5.41, 5.74) is 0.643. The molecule has 0 aromatic heterocycles. The SMILES string of the molecule is CCCCNC(=O)C1CCCN(C2=NS(=O)(=O)c3ccccc32)C1. The number of sulfonamides is 1. The second kappa shape index (κ2) is 6.93. The molecule has 7 heteroatoms. The third-order valence-electron chi connectivity index (χ3n) is 4.53. The Morgan fingerprint density at radius 1 is 1.38 bits per heavy atom. The molecule has 0 saturated carbocycles. The normalized spacial score (nSPS) is 22.0. The number of likely N-dealkylation sites (tertiary alicyclic amines) is 1. The van der Waals surface area contributed by atoms with E-state index in [2.05, 4.69) is 16.6 Å². The van der Waals surface area contributed by atoms with Crippen LogP contribution in [0.2, 0.25) is 0 Å². The van der Waals surface area contributed by atoms with E-state index in [1.807, 2.05) is 11.0 Å². The van der Waals surface area contributed by atoms with Gasteiger partial charge in [0.05, 0.1) is 5.92 Å². The quantitative estimate of drug-likeness (QED) is 0.840. The maximum absolute atomic E-state index is 12.3. The number of amidine groups is 1. The summed E-state index contributed by atoms with van der Waals surface area (Å²) in [4.78, 5) is 14.5. The van der Waals surface area contributed by atoms with Crippen molar-refractivity contribution in [3.05, 3.63) is 29.8 Å². The van der Waals surface area contributed by atoms with Gasteiger partial charge in [0.1, 0.15) is 4.90 Å². The van der Waals surface area contributed by atoms with Crippen LogP contribution >= 0.6 is 0 Å². The van der Waals surface area contributed by atoms with Crippen molar-refractivity contribution < 1.29 is 13.2 Å². The van der Waals surface area contributed by atoms with Crippen LogP contribution in [0.3, 0.4) is 0 Å². The zero-order chi connectivity index (χ0) is 17.2. The lowest BCUT2D eigenvalue weighted by Gasteiger charge is -2.33. The molecular formula is C17H23N3O3S. The first-order chi connectivity index (χ1) is 11.5. The van der Waals surface area contributed by atoms with Crippen LogP contribution in [0.4, 0.5) is 0 Å². The maximum atomic E-state index is 12.3. The van der Waals surface area contributed by atoms with Crippen LogP contribution in [0.5, 0.6) is 0 Å². The first-order valence-corrected chi connectivity index (χ1v) is 9.94. The zero-order valence-corrected chi connectivity index (χ0v) is 14.7. The number of hydrogen-bond donors (Lipinski definition) is 1. The number of unbranched alkanes of at least 4 members (excludes halogenated alkanes) is 1. The molecule has 0 radical (unpaired) electrons. The predicted octanol–water partition coefficient (Wildman–Crippen LogP) is 1.76. The Bertz CT molecular complexity index is 758. The molecule has 1 saturated heterocycles. The van der Waals surface area contributed by atoms with Crippen molar-refractivity contribution in [3.63, 3.8) is 0 Å². The molecule has 0 spiro atoms. The van der Waals surface area contributed by atoms with Gasteiger partial charge in [-0.05, 0) is 31.4 Å². The Morgan fingerprint density at radius 2 is 2.17 bits per heavy atom. The van der Waals surface area contributed by atoms with E-state index in [9.17, 15) is 13.2 Å². The van der Waals surface area contributed by atoms with Gasteiger partial charge in [-0.1, -0.05) is 25.5 Å². The van der Waals surface area contributed by atoms with Crippen molar-refractivity contribution in [2.45, 2.75) is 37.5 Å². The lowest BCUT2D eigenvalue weighted by Crippen LogP contribution is -2.45. The molecule has 0 aliphatic carbocycles. The van der Waals surface area contributed by atoms with E-state index < -0.39 is 10.0 Å². The van der Waals surface area contributed by atoms with Gasteiger partial charge in [-0.15, -0.1) is 4.40 Å². The summed E-state index contributed by atoms with van der Waals surface area (Å²) in [7, 11) is -3.61. The van der Waals surface area contributed by atoms with Gasteiger partial charge in [0.15, 0.2) is 5.84 Å². The highest BCUT2D eigenvalue weighted by Gasteiger charge is 2.35. The van der Waals surface area contributed by atoms with Crippen molar-refractivity contribution in [3.8, 4) is 0 Å². The summed E-state index contributed by atoms with van der Waals surface area (Å²) in [5.74, 6) is 0.424. The molecule has 1 atom stereocenters. The average molecular weight is 349 g/mol. The number of carbonyl (C=O) groups excluding carboxylic acids is 1. The lowest BCUT2D eigenvalue weighted by atomic mass is 9.96. The number of benzene rings is 1. The van der Waals surface area contributed by atoms with Crippen LogP contribution in [0.25, 0.3) is 0 Å². The lowest BCUT2D eigenvalue weighted by molar-refractivity contribution is -0.126. The fourth-order valence-electron chi connectivity index (χ4n) is 3.23. The molecular weight excluding hydrogens is 326 g/mol. The van der Waals surface area contributed by atoms with Crippen molar-refractivity contribution in [1.82, 2.24) is 10.2 Å². The molecule has 6 nitrogen and oxygen atoms in total. The third-order valence-corrected chi connectivity index (χ3v) is 5.86. The molecule has 1 N–H and O–H groups in total. The van der Waals surface area contributed by atoms with Gasteiger partial charge in [-0.3, -0.25) is 4.79 Å².